The Balaban J connectivity index is 2.22. The zero-order valence-electron chi connectivity index (χ0n) is 9.48. The molecule has 0 bridgehead atoms. The highest BCUT2D eigenvalue weighted by molar-refractivity contribution is 7.10. The van der Waals surface area contributed by atoms with E-state index in [2.05, 4.69) is 5.32 Å². The zero-order valence-corrected chi connectivity index (χ0v) is 10.3. The van der Waals surface area contributed by atoms with E-state index in [9.17, 15) is 9.50 Å². The van der Waals surface area contributed by atoms with Crippen molar-refractivity contribution in [1.29, 1.82) is 0 Å². The Labute approximate surface area is 104 Å². The molecular weight excluding hydrogens is 237 g/mol. The van der Waals surface area contributed by atoms with E-state index < -0.39 is 0 Å². The van der Waals surface area contributed by atoms with Gasteiger partial charge in [0, 0.05) is 4.88 Å². The summed E-state index contributed by atoms with van der Waals surface area (Å²) in [6.45, 7) is 1.92. The van der Waals surface area contributed by atoms with Crippen LogP contribution in [0, 0.1) is 12.7 Å². The van der Waals surface area contributed by atoms with Gasteiger partial charge < -0.3 is 10.4 Å². The molecule has 1 heterocycles. The maximum atomic E-state index is 13.5. The van der Waals surface area contributed by atoms with Crippen LogP contribution in [0.5, 0.6) is 0 Å². The van der Waals surface area contributed by atoms with Gasteiger partial charge in [-0.25, -0.2) is 4.39 Å². The van der Waals surface area contributed by atoms with Crippen LogP contribution in [0.1, 0.15) is 16.5 Å². The normalized spacial score (nSPS) is 12.4. The number of anilines is 1. The summed E-state index contributed by atoms with van der Waals surface area (Å²) in [5, 5.41) is 14.4. The Morgan fingerprint density at radius 1 is 1.35 bits per heavy atom. The molecule has 1 unspecified atom stereocenters. The standard InChI is InChI=1S/C13H14FNOS/c1-9-6-7-17-13(9)12(8-16)15-11-5-3-2-4-10(11)14/h2-7,12,15-16H,8H2,1H3. The van der Waals surface area contributed by atoms with Gasteiger partial charge >= 0.3 is 0 Å². The van der Waals surface area contributed by atoms with Crippen LogP contribution in [0.3, 0.4) is 0 Å². The van der Waals surface area contributed by atoms with Crippen LogP contribution in [0.25, 0.3) is 0 Å². The van der Waals surface area contributed by atoms with Crippen LogP contribution in [0.4, 0.5) is 10.1 Å². The molecule has 2 aromatic rings. The highest BCUT2D eigenvalue weighted by atomic mass is 32.1. The van der Waals surface area contributed by atoms with Gasteiger partial charge in [0.2, 0.25) is 0 Å². The van der Waals surface area contributed by atoms with Crippen LogP contribution in [-0.2, 0) is 0 Å². The molecule has 2 rings (SSSR count). The highest BCUT2D eigenvalue weighted by Gasteiger charge is 2.15. The topological polar surface area (TPSA) is 32.3 Å². The van der Waals surface area contributed by atoms with E-state index in [-0.39, 0.29) is 18.5 Å². The number of thiophene rings is 1. The predicted molar refractivity (Wildman–Crippen MR) is 68.9 cm³/mol. The SMILES string of the molecule is Cc1ccsc1C(CO)Nc1ccccc1F. The van der Waals surface area contributed by atoms with Crippen LogP contribution in [0.2, 0.25) is 0 Å². The Kier molecular flexibility index (Phi) is 3.76. The lowest BCUT2D eigenvalue weighted by molar-refractivity contribution is 0.277. The molecule has 0 aliphatic heterocycles. The van der Waals surface area contributed by atoms with E-state index in [1.807, 2.05) is 18.4 Å². The summed E-state index contributed by atoms with van der Waals surface area (Å²) in [7, 11) is 0. The predicted octanol–water partition coefficient (Wildman–Crippen LogP) is 3.34. The lowest BCUT2D eigenvalue weighted by Gasteiger charge is -2.17. The average Bonchev–Trinajstić information content (AvgIpc) is 2.75. The van der Waals surface area contributed by atoms with Crippen LogP contribution >= 0.6 is 11.3 Å². The highest BCUT2D eigenvalue weighted by Crippen LogP contribution is 2.27. The van der Waals surface area contributed by atoms with Crippen molar-refractivity contribution in [2.75, 3.05) is 11.9 Å². The Morgan fingerprint density at radius 2 is 2.12 bits per heavy atom. The van der Waals surface area contributed by atoms with Gasteiger partial charge in [-0.3, -0.25) is 0 Å². The van der Waals surface area contributed by atoms with E-state index >= 15 is 0 Å². The van der Waals surface area contributed by atoms with Crippen molar-refractivity contribution in [3.8, 4) is 0 Å². The third-order valence-corrected chi connectivity index (χ3v) is 3.74. The minimum absolute atomic E-state index is 0.0598. The number of para-hydroxylation sites is 1. The molecule has 17 heavy (non-hydrogen) atoms. The Hall–Kier alpha value is -1.39. The second kappa shape index (κ2) is 5.29. The largest absolute Gasteiger partial charge is 0.394 e. The van der Waals surface area contributed by atoms with Crippen molar-refractivity contribution < 1.29 is 9.50 Å². The Bertz CT molecular complexity index is 498. The molecule has 0 saturated carbocycles. The molecule has 90 valence electrons. The van der Waals surface area contributed by atoms with Crippen LogP contribution in [-0.4, -0.2) is 11.7 Å². The van der Waals surface area contributed by atoms with Crippen LogP contribution in [0.15, 0.2) is 35.7 Å². The van der Waals surface area contributed by atoms with E-state index in [4.69, 9.17) is 0 Å². The van der Waals surface area contributed by atoms with Gasteiger partial charge in [-0.05, 0) is 36.1 Å². The van der Waals surface area contributed by atoms with E-state index in [1.54, 1.807) is 29.5 Å². The van der Waals surface area contributed by atoms with Crippen molar-refractivity contribution in [3.63, 3.8) is 0 Å². The van der Waals surface area contributed by atoms with Gasteiger partial charge in [0.25, 0.3) is 0 Å². The monoisotopic (exact) mass is 251 g/mol. The van der Waals surface area contributed by atoms with E-state index in [0.717, 1.165) is 10.4 Å². The van der Waals surface area contributed by atoms with E-state index in [1.165, 1.54) is 6.07 Å². The molecule has 0 aliphatic carbocycles. The maximum absolute atomic E-state index is 13.5. The Morgan fingerprint density at radius 3 is 2.71 bits per heavy atom. The van der Waals surface area contributed by atoms with Crippen molar-refractivity contribution in [2.24, 2.45) is 0 Å². The van der Waals surface area contributed by atoms with Gasteiger partial charge in [-0.1, -0.05) is 12.1 Å². The quantitative estimate of drug-likeness (QED) is 0.873. The first-order valence-electron chi connectivity index (χ1n) is 5.38. The van der Waals surface area contributed by atoms with Crippen molar-refractivity contribution in [3.05, 3.63) is 52.0 Å². The minimum atomic E-state index is -0.305. The second-order valence-corrected chi connectivity index (χ2v) is 4.77. The third-order valence-electron chi connectivity index (χ3n) is 2.60. The van der Waals surface area contributed by atoms with Gasteiger partial charge in [-0.2, -0.15) is 0 Å². The number of rotatable bonds is 4. The second-order valence-electron chi connectivity index (χ2n) is 3.83. The molecule has 0 saturated heterocycles. The minimum Gasteiger partial charge on any atom is -0.394 e. The lowest BCUT2D eigenvalue weighted by atomic mass is 10.1. The third kappa shape index (κ3) is 2.65. The summed E-state index contributed by atoms with van der Waals surface area (Å²) < 4.78 is 13.5. The summed E-state index contributed by atoms with van der Waals surface area (Å²) in [6, 6.07) is 8.21. The fraction of sp³-hybridized carbons (Fsp3) is 0.231. The van der Waals surface area contributed by atoms with Crippen molar-refractivity contribution in [2.45, 2.75) is 13.0 Å². The molecule has 0 amide bonds. The number of nitrogens with one attached hydrogen (secondary N) is 1. The average molecular weight is 251 g/mol. The number of hydrogen-bond acceptors (Lipinski definition) is 3. The molecule has 1 atom stereocenters. The number of benzene rings is 1. The van der Waals surface area contributed by atoms with Gasteiger partial charge in [0.05, 0.1) is 18.3 Å². The summed E-state index contributed by atoms with van der Waals surface area (Å²) in [4.78, 5) is 1.04. The number of aliphatic hydroxyl groups is 1. The number of aliphatic hydroxyl groups excluding tert-OH is 1. The van der Waals surface area contributed by atoms with Crippen LogP contribution < -0.4 is 5.32 Å². The van der Waals surface area contributed by atoms with Crippen molar-refractivity contribution in [1.82, 2.24) is 0 Å². The molecule has 2 nitrogen and oxygen atoms in total. The fourth-order valence-electron chi connectivity index (χ4n) is 1.70. The smallest absolute Gasteiger partial charge is 0.146 e. The van der Waals surface area contributed by atoms with Gasteiger partial charge in [0.1, 0.15) is 5.82 Å². The molecule has 0 spiro atoms. The van der Waals surface area contributed by atoms with E-state index in [0.29, 0.717) is 5.69 Å². The first-order chi connectivity index (χ1) is 8.22. The summed E-state index contributed by atoms with van der Waals surface area (Å²) in [5.41, 5.74) is 1.53. The number of aryl methyl sites for hydroxylation is 1. The molecule has 0 radical (unpaired) electrons. The van der Waals surface area contributed by atoms with Gasteiger partial charge in [-0.15, -0.1) is 11.3 Å². The first kappa shape index (κ1) is 12.1. The molecule has 1 aromatic carbocycles. The molecule has 4 heteroatoms. The molecule has 2 N–H and O–H groups in total. The summed E-state index contributed by atoms with van der Waals surface area (Å²) >= 11 is 1.56. The lowest BCUT2D eigenvalue weighted by Crippen LogP contribution is -2.15. The summed E-state index contributed by atoms with van der Waals surface area (Å²) in [5.74, 6) is -0.305. The molecule has 1 aromatic heterocycles. The number of halogens is 1. The molecular formula is C13H14FNOS. The number of hydrogen-bond donors (Lipinski definition) is 2. The molecule has 0 aliphatic rings. The maximum Gasteiger partial charge on any atom is 0.146 e. The fourth-order valence-corrected chi connectivity index (χ4v) is 2.67. The van der Waals surface area contributed by atoms with Crippen molar-refractivity contribution >= 4 is 17.0 Å². The summed E-state index contributed by atoms with van der Waals surface area (Å²) in [6.07, 6.45) is 0. The van der Waals surface area contributed by atoms with Gasteiger partial charge in [0.15, 0.2) is 0 Å². The zero-order chi connectivity index (χ0) is 12.3. The first-order valence-corrected chi connectivity index (χ1v) is 6.26. The molecule has 0 fully saturated rings.